The van der Waals surface area contributed by atoms with E-state index in [1.165, 1.54) is 16.9 Å². The minimum absolute atomic E-state index is 0.400. The molecule has 0 aliphatic heterocycles. The number of aromatic nitrogens is 1. The fourth-order valence-corrected chi connectivity index (χ4v) is 2.94. The van der Waals surface area contributed by atoms with Gasteiger partial charge in [0, 0.05) is 5.69 Å². The van der Waals surface area contributed by atoms with E-state index in [4.69, 9.17) is 9.47 Å². The first-order chi connectivity index (χ1) is 11.7. The van der Waals surface area contributed by atoms with Crippen molar-refractivity contribution in [3.8, 4) is 0 Å². The van der Waals surface area contributed by atoms with Crippen LogP contribution in [0, 0.1) is 13.8 Å². The minimum atomic E-state index is -0.538. The third-order valence-corrected chi connectivity index (χ3v) is 4.29. The van der Waals surface area contributed by atoms with Crippen molar-refractivity contribution in [1.29, 1.82) is 0 Å². The number of nitrogens with zero attached hydrogens (tertiary/aromatic N) is 1. The molecule has 0 aliphatic rings. The summed E-state index contributed by atoms with van der Waals surface area (Å²) in [6.07, 6.45) is -0.505. The molecule has 0 bridgehead atoms. The van der Waals surface area contributed by atoms with Gasteiger partial charge in [0.05, 0.1) is 17.2 Å². The first kappa shape index (κ1) is 19.2. The lowest BCUT2D eigenvalue weighted by Gasteiger charge is -2.18. The fraction of sp³-hybridized carbons (Fsp3) is 0.444. The lowest BCUT2D eigenvalue weighted by molar-refractivity contribution is 0.0636. The van der Waals surface area contributed by atoms with E-state index in [9.17, 15) is 4.79 Å². The van der Waals surface area contributed by atoms with Gasteiger partial charge < -0.3 is 14.8 Å². The number of carbonyl (C=O) groups is 1. The summed E-state index contributed by atoms with van der Waals surface area (Å²) in [5, 5.41) is 6.41. The van der Waals surface area contributed by atoms with Crippen LogP contribution in [0.2, 0.25) is 0 Å². The van der Waals surface area contributed by atoms with Crippen molar-refractivity contribution < 1.29 is 14.3 Å². The van der Waals surface area contributed by atoms with Gasteiger partial charge in [0.2, 0.25) is 0 Å². The number of hydrogen-bond acceptors (Lipinski definition) is 6. The van der Waals surface area contributed by atoms with Gasteiger partial charge in [0.15, 0.2) is 5.13 Å². The molecule has 2 N–H and O–H groups in total. The van der Waals surface area contributed by atoms with E-state index < -0.39 is 11.7 Å². The molecule has 6 nitrogen and oxygen atoms in total. The predicted molar refractivity (Wildman–Crippen MR) is 101 cm³/mol. The number of benzene rings is 1. The van der Waals surface area contributed by atoms with Gasteiger partial charge in [-0.2, -0.15) is 0 Å². The fourth-order valence-electron chi connectivity index (χ4n) is 2.05. The van der Waals surface area contributed by atoms with E-state index in [1.807, 2.05) is 58.9 Å². The van der Waals surface area contributed by atoms with E-state index in [2.05, 4.69) is 15.6 Å². The molecule has 0 fully saturated rings. The highest BCUT2D eigenvalue weighted by atomic mass is 32.1. The first-order valence-corrected chi connectivity index (χ1v) is 8.90. The van der Waals surface area contributed by atoms with Crippen LogP contribution in [0.5, 0.6) is 0 Å². The summed E-state index contributed by atoms with van der Waals surface area (Å²) in [5.74, 6) is 0. The first-order valence-electron chi connectivity index (χ1n) is 8.08. The number of anilines is 2. The number of ether oxygens (including phenoxy) is 2. The molecule has 2 rings (SSSR count). The minimum Gasteiger partial charge on any atom is -0.444 e. The Balaban J connectivity index is 1.82. The molecule has 0 aliphatic carbocycles. The van der Waals surface area contributed by atoms with Crippen LogP contribution in [-0.4, -0.2) is 23.4 Å². The second-order valence-corrected chi connectivity index (χ2v) is 7.72. The van der Waals surface area contributed by atoms with E-state index >= 15 is 0 Å². The molecule has 136 valence electrons. The van der Waals surface area contributed by atoms with E-state index in [-0.39, 0.29) is 0 Å². The van der Waals surface area contributed by atoms with Crippen molar-refractivity contribution in [3.05, 3.63) is 40.4 Å². The molecule has 1 heterocycles. The second kappa shape index (κ2) is 8.31. The summed E-state index contributed by atoms with van der Waals surface area (Å²) in [7, 11) is 0. The number of aryl methyl sites for hydroxylation is 2. The van der Waals surface area contributed by atoms with Crippen LogP contribution in [0.4, 0.5) is 15.6 Å². The SMILES string of the molecule is Cc1ccccc1NCOCc1sc(NC(=O)OC(C)(C)C)nc1C. The van der Waals surface area contributed by atoms with Gasteiger partial charge in [-0.3, -0.25) is 5.32 Å². The zero-order valence-electron chi connectivity index (χ0n) is 15.3. The van der Waals surface area contributed by atoms with Gasteiger partial charge in [-0.05, 0) is 46.2 Å². The Hall–Kier alpha value is -2.12. The van der Waals surface area contributed by atoms with Crippen molar-refractivity contribution >= 4 is 28.2 Å². The maximum Gasteiger partial charge on any atom is 0.413 e. The summed E-state index contributed by atoms with van der Waals surface area (Å²) in [5.41, 5.74) is 2.52. The Bertz CT molecular complexity index is 723. The van der Waals surface area contributed by atoms with Crippen molar-refractivity contribution in [1.82, 2.24) is 4.98 Å². The molecule has 1 aromatic heterocycles. The Labute approximate surface area is 152 Å². The summed E-state index contributed by atoms with van der Waals surface area (Å²) < 4.78 is 10.9. The highest BCUT2D eigenvalue weighted by molar-refractivity contribution is 7.15. The van der Waals surface area contributed by atoms with Crippen LogP contribution in [0.25, 0.3) is 0 Å². The lowest BCUT2D eigenvalue weighted by Crippen LogP contribution is -2.27. The zero-order chi connectivity index (χ0) is 18.4. The van der Waals surface area contributed by atoms with Crippen LogP contribution in [0.1, 0.15) is 36.9 Å². The number of rotatable bonds is 6. The Morgan fingerprint density at radius 3 is 2.64 bits per heavy atom. The number of carbonyl (C=O) groups excluding carboxylic acids is 1. The highest BCUT2D eigenvalue weighted by Crippen LogP contribution is 2.24. The molecule has 7 heteroatoms. The predicted octanol–water partition coefficient (Wildman–Crippen LogP) is 4.69. The van der Waals surface area contributed by atoms with Crippen LogP contribution < -0.4 is 10.6 Å². The Morgan fingerprint density at radius 2 is 1.96 bits per heavy atom. The molecule has 0 unspecified atom stereocenters. The van der Waals surface area contributed by atoms with Crippen LogP contribution >= 0.6 is 11.3 Å². The maximum absolute atomic E-state index is 11.8. The molecule has 1 aromatic carbocycles. The monoisotopic (exact) mass is 363 g/mol. The topological polar surface area (TPSA) is 72.5 Å². The van der Waals surface area contributed by atoms with Crippen LogP contribution in [0.3, 0.4) is 0 Å². The molecule has 0 atom stereocenters. The van der Waals surface area contributed by atoms with Gasteiger partial charge in [0.25, 0.3) is 0 Å². The number of amides is 1. The standard InChI is InChI=1S/C18H25N3O3S/c1-12-8-6-7-9-14(12)19-11-23-10-15-13(2)20-16(25-15)21-17(22)24-18(3,4)5/h6-9,19H,10-11H2,1-5H3,(H,20,21,22). The molecular weight excluding hydrogens is 338 g/mol. The maximum atomic E-state index is 11.8. The zero-order valence-corrected chi connectivity index (χ0v) is 16.1. The number of para-hydroxylation sites is 1. The molecule has 1 amide bonds. The molecule has 0 saturated carbocycles. The second-order valence-electron chi connectivity index (χ2n) is 6.64. The smallest absolute Gasteiger partial charge is 0.413 e. The van der Waals surface area contributed by atoms with Gasteiger partial charge in [0.1, 0.15) is 12.3 Å². The summed E-state index contributed by atoms with van der Waals surface area (Å²) in [4.78, 5) is 17.1. The van der Waals surface area contributed by atoms with Gasteiger partial charge in [-0.25, -0.2) is 9.78 Å². The number of thiazole rings is 1. The molecule has 0 saturated heterocycles. The molecule has 2 aromatic rings. The van der Waals surface area contributed by atoms with Gasteiger partial charge in [-0.15, -0.1) is 0 Å². The molecule has 25 heavy (non-hydrogen) atoms. The van der Waals surface area contributed by atoms with Crippen molar-refractivity contribution in [3.63, 3.8) is 0 Å². The van der Waals surface area contributed by atoms with Crippen molar-refractivity contribution in [2.75, 3.05) is 17.4 Å². The molecule has 0 spiro atoms. The average molecular weight is 363 g/mol. The quantitative estimate of drug-likeness (QED) is 0.575. The van der Waals surface area contributed by atoms with Crippen LogP contribution in [-0.2, 0) is 16.1 Å². The molecular formula is C18H25N3O3S. The highest BCUT2D eigenvalue weighted by Gasteiger charge is 2.18. The van der Waals surface area contributed by atoms with E-state index in [0.717, 1.165) is 16.3 Å². The van der Waals surface area contributed by atoms with Crippen LogP contribution in [0.15, 0.2) is 24.3 Å². The third kappa shape index (κ3) is 6.36. The van der Waals surface area contributed by atoms with Crippen molar-refractivity contribution in [2.45, 2.75) is 46.8 Å². The molecule has 0 radical (unpaired) electrons. The Morgan fingerprint density at radius 1 is 1.24 bits per heavy atom. The van der Waals surface area contributed by atoms with E-state index in [0.29, 0.717) is 18.5 Å². The lowest BCUT2D eigenvalue weighted by atomic mass is 10.2. The van der Waals surface area contributed by atoms with Gasteiger partial charge in [-0.1, -0.05) is 29.5 Å². The normalized spacial score (nSPS) is 11.2. The average Bonchev–Trinajstić information content (AvgIpc) is 2.83. The summed E-state index contributed by atoms with van der Waals surface area (Å²) in [6.45, 7) is 10.2. The summed E-state index contributed by atoms with van der Waals surface area (Å²) in [6, 6.07) is 8.04. The third-order valence-electron chi connectivity index (χ3n) is 3.24. The number of hydrogen-bond donors (Lipinski definition) is 2. The summed E-state index contributed by atoms with van der Waals surface area (Å²) >= 11 is 1.39. The Kier molecular flexibility index (Phi) is 6.39. The van der Waals surface area contributed by atoms with Gasteiger partial charge >= 0.3 is 6.09 Å². The number of nitrogens with one attached hydrogen (secondary N) is 2. The van der Waals surface area contributed by atoms with Crippen molar-refractivity contribution in [2.24, 2.45) is 0 Å². The largest absolute Gasteiger partial charge is 0.444 e. The van der Waals surface area contributed by atoms with E-state index in [1.54, 1.807) is 0 Å².